The molecule has 0 saturated carbocycles. The molecule has 0 spiro atoms. The van der Waals surface area contributed by atoms with Crippen molar-refractivity contribution in [3.05, 3.63) is 23.8 Å². The minimum Gasteiger partial charge on any atom is -0.435 e. The van der Waals surface area contributed by atoms with Crippen molar-refractivity contribution in [2.24, 2.45) is 0 Å². The van der Waals surface area contributed by atoms with Gasteiger partial charge in [0.05, 0.1) is 0 Å². The molecule has 0 aliphatic carbocycles. The van der Waals surface area contributed by atoms with Gasteiger partial charge in [0.2, 0.25) is 0 Å². The molecular weight excluding hydrogens is 262 g/mol. The fraction of sp³-hybridized carbons (Fsp3) is 0.600. The summed E-state index contributed by atoms with van der Waals surface area (Å²) in [5.74, 6) is 0.643. The van der Waals surface area contributed by atoms with Gasteiger partial charge < -0.3 is 15.0 Å². The smallest absolute Gasteiger partial charge is 0.387 e. The van der Waals surface area contributed by atoms with E-state index in [4.69, 9.17) is 0 Å². The SMILES string of the molecule is CN1CCC[C@@H]1CC1CNc2ccc(OC(F)F)cc21.[HH]. The summed E-state index contributed by atoms with van der Waals surface area (Å²) in [4.78, 5) is 2.40. The first-order valence-corrected chi connectivity index (χ1v) is 7.16. The minimum absolute atomic E-state index is 0. The highest BCUT2D eigenvalue weighted by molar-refractivity contribution is 5.60. The van der Waals surface area contributed by atoms with Crippen LogP contribution in [0.2, 0.25) is 0 Å². The molecule has 1 aromatic rings. The third-order valence-corrected chi connectivity index (χ3v) is 4.46. The van der Waals surface area contributed by atoms with E-state index < -0.39 is 6.61 Å². The Hall–Kier alpha value is -1.36. The van der Waals surface area contributed by atoms with Crippen molar-refractivity contribution in [2.75, 3.05) is 25.5 Å². The number of anilines is 1. The number of likely N-dealkylation sites (tertiary alicyclic amines) is 1. The van der Waals surface area contributed by atoms with Crippen molar-refractivity contribution in [3.8, 4) is 5.75 Å². The van der Waals surface area contributed by atoms with Gasteiger partial charge in [-0.15, -0.1) is 0 Å². The summed E-state index contributed by atoms with van der Waals surface area (Å²) in [6, 6.07) is 5.81. The largest absolute Gasteiger partial charge is 0.435 e. The van der Waals surface area contributed by atoms with Crippen molar-refractivity contribution in [1.29, 1.82) is 0 Å². The summed E-state index contributed by atoms with van der Waals surface area (Å²) in [6.07, 6.45) is 3.56. The molecule has 5 heteroatoms. The Labute approximate surface area is 119 Å². The summed E-state index contributed by atoms with van der Waals surface area (Å²) in [5.41, 5.74) is 2.17. The summed E-state index contributed by atoms with van der Waals surface area (Å²) < 4.78 is 29.1. The Morgan fingerprint density at radius 1 is 1.50 bits per heavy atom. The molecular formula is C15H22F2N2O. The zero-order valence-electron chi connectivity index (χ0n) is 11.6. The lowest BCUT2D eigenvalue weighted by atomic mass is 9.93. The monoisotopic (exact) mass is 284 g/mol. The number of rotatable bonds is 4. The molecule has 112 valence electrons. The molecule has 2 atom stereocenters. The Bertz CT molecular complexity index is 487. The predicted molar refractivity (Wildman–Crippen MR) is 76.7 cm³/mol. The van der Waals surface area contributed by atoms with Crippen LogP contribution in [0.15, 0.2) is 18.2 Å². The van der Waals surface area contributed by atoms with E-state index in [1.807, 2.05) is 6.07 Å². The molecule has 2 heterocycles. The highest BCUT2D eigenvalue weighted by Gasteiger charge is 2.29. The van der Waals surface area contributed by atoms with Crippen LogP contribution in [0.1, 0.15) is 32.2 Å². The molecule has 0 radical (unpaired) electrons. The van der Waals surface area contributed by atoms with Gasteiger partial charge in [-0.25, -0.2) is 0 Å². The van der Waals surface area contributed by atoms with Crippen LogP contribution in [-0.2, 0) is 0 Å². The number of halogens is 2. The molecule has 0 amide bonds. The van der Waals surface area contributed by atoms with Crippen molar-refractivity contribution < 1.29 is 14.9 Å². The number of ether oxygens (including phenoxy) is 1. The molecule has 1 fully saturated rings. The second kappa shape index (κ2) is 5.56. The fourth-order valence-electron chi connectivity index (χ4n) is 3.37. The third-order valence-electron chi connectivity index (χ3n) is 4.46. The van der Waals surface area contributed by atoms with Crippen molar-refractivity contribution in [1.82, 2.24) is 4.90 Å². The first kappa shape index (κ1) is 13.6. The summed E-state index contributed by atoms with van der Waals surface area (Å²) in [7, 11) is 2.16. The van der Waals surface area contributed by atoms with E-state index in [0.29, 0.717) is 12.0 Å². The molecule has 2 aliphatic heterocycles. The zero-order valence-corrected chi connectivity index (χ0v) is 11.6. The van der Waals surface area contributed by atoms with Crippen molar-refractivity contribution >= 4 is 5.69 Å². The van der Waals surface area contributed by atoms with Crippen molar-refractivity contribution in [3.63, 3.8) is 0 Å². The van der Waals surface area contributed by atoms with Crippen LogP contribution in [0.3, 0.4) is 0 Å². The van der Waals surface area contributed by atoms with Gasteiger partial charge in [-0.3, -0.25) is 0 Å². The predicted octanol–water partition coefficient (Wildman–Crippen LogP) is 3.53. The molecule has 0 aromatic heterocycles. The molecule has 20 heavy (non-hydrogen) atoms. The summed E-state index contributed by atoms with van der Waals surface area (Å²) >= 11 is 0. The summed E-state index contributed by atoms with van der Waals surface area (Å²) in [5, 5.41) is 3.36. The van der Waals surface area contributed by atoms with Crippen molar-refractivity contribution in [2.45, 2.75) is 37.8 Å². The van der Waals surface area contributed by atoms with Crippen LogP contribution < -0.4 is 10.1 Å². The van der Waals surface area contributed by atoms with Gasteiger partial charge in [0.15, 0.2) is 0 Å². The van der Waals surface area contributed by atoms with Gasteiger partial charge >= 0.3 is 6.61 Å². The summed E-state index contributed by atoms with van der Waals surface area (Å²) in [6.45, 7) is -0.717. The first-order chi connectivity index (χ1) is 9.63. The van der Waals surface area contributed by atoms with Gasteiger partial charge in [0.1, 0.15) is 5.75 Å². The van der Waals surface area contributed by atoms with Gasteiger partial charge in [-0.05, 0) is 56.6 Å². The maximum Gasteiger partial charge on any atom is 0.387 e. The number of nitrogens with one attached hydrogen (secondary N) is 1. The fourth-order valence-corrected chi connectivity index (χ4v) is 3.37. The van der Waals surface area contributed by atoms with Crippen LogP contribution in [0.25, 0.3) is 0 Å². The van der Waals surface area contributed by atoms with Gasteiger partial charge in [-0.1, -0.05) is 0 Å². The van der Waals surface area contributed by atoms with Crippen LogP contribution >= 0.6 is 0 Å². The quantitative estimate of drug-likeness (QED) is 0.915. The Morgan fingerprint density at radius 2 is 2.35 bits per heavy atom. The molecule has 3 rings (SSSR count). The number of hydrogen-bond acceptors (Lipinski definition) is 3. The molecule has 1 saturated heterocycles. The maximum atomic E-state index is 12.3. The third kappa shape index (κ3) is 2.73. The molecule has 2 aliphatic rings. The lowest BCUT2D eigenvalue weighted by Gasteiger charge is -2.22. The normalized spacial score (nSPS) is 25.8. The second-order valence-corrected chi connectivity index (χ2v) is 5.72. The molecule has 0 bridgehead atoms. The molecule has 1 unspecified atom stereocenters. The van der Waals surface area contributed by atoms with Crippen LogP contribution in [-0.4, -0.2) is 37.7 Å². The van der Waals surface area contributed by atoms with E-state index in [9.17, 15) is 8.78 Å². The minimum atomic E-state index is -2.76. The van der Waals surface area contributed by atoms with Crippen LogP contribution in [0.4, 0.5) is 14.5 Å². The Kier molecular flexibility index (Phi) is 3.78. The molecule has 1 aromatic carbocycles. The van der Waals surface area contributed by atoms with E-state index in [0.717, 1.165) is 30.8 Å². The topological polar surface area (TPSA) is 24.5 Å². The van der Waals surface area contributed by atoms with Gasteiger partial charge in [0, 0.05) is 25.6 Å². The van der Waals surface area contributed by atoms with Gasteiger partial charge in [0.25, 0.3) is 0 Å². The first-order valence-electron chi connectivity index (χ1n) is 7.16. The zero-order chi connectivity index (χ0) is 14.1. The van der Waals surface area contributed by atoms with Crippen LogP contribution in [0.5, 0.6) is 5.75 Å². The van der Waals surface area contributed by atoms with Crippen LogP contribution in [0, 0.1) is 0 Å². The number of nitrogens with zero attached hydrogens (tertiary/aromatic N) is 1. The lowest BCUT2D eigenvalue weighted by Crippen LogP contribution is -2.27. The Morgan fingerprint density at radius 3 is 3.05 bits per heavy atom. The second-order valence-electron chi connectivity index (χ2n) is 5.72. The van der Waals surface area contributed by atoms with E-state index >= 15 is 0 Å². The number of fused-ring (bicyclic) bond motifs is 1. The van der Waals surface area contributed by atoms with E-state index in [1.54, 1.807) is 12.1 Å². The Balaban J connectivity index is 0.00000161. The van der Waals surface area contributed by atoms with E-state index in [1.165, 1.54) is 12.8 Å². The highest BCUT2D eigenvalue weighted by Crippen LogP contribution is 2.38. The highest BCUT2D eigenvalue weighted by atomic mass is 19.3. The average molecular weight is 284 g/mol. The number of alkyl halides is 2. The maximum absolute atomic E-state index is 12.3. The van der Waals surface area contributed by atoms with E-state index in [2.05, 4.69) is 22.0 Å². The van der Waals surface area contributed by atoms with E-state index in [-0.39, 0.29) is 7.18 Å². The lowest BCUT2D eigenvalue weighted by molar-refractivity contribution is -0.0498. The van der Waals surface area contributed by atoms with Gasteiger partial charge in [-0.2, -0.15) is 8.78 Å². The molecule has 1 N–H and O–H groups in total. The number of benzene rings is 1. The standard InChI is InChI=1S/C15H20F2N2O.H2/c1-19-6-2-3-11(19)7-10-9-18-14-5-4-12(8-13(10)14)20-15(16)17;/h4-5,8,10-11,15,18H,2-3,6-7,9H2,1H3;1H/t10?,11-;/m1./s1. The molecule has 3 nitrogen and oxygen atoms in total. The average Bonchev–Trinajstić information content (AvgIpc) is 2.97. The number of hydrogen-bond donors (Lipinski definition) is 1.